The Hall–Kier alpha value is -1.18. The first kappa shape index (κ1) is 11.9. The van der Waals surface area contributed by atoms with E-state index in [0.717, 1.165) is 30.7 Å². The Morgan fingerprint density at radius 1 is 1.33 bits per heavy atom. The Labute approximate surface area is 110 Å². The molecule has 2 nitrogen and oxygen atoms in total. The van der Waals surface area contributed by atoms with Crippen molar-refractivity contribution in [2.75, 3.05) is 18.5 Å². The van der Waals surface area contributed by atoms with Crippen LogP contribution in [-0.2, 0) is 6.42 Å². The maximum Gasteiger partial charge on any atom is 0.121 e. The molecule has 1 N–H and O–H groups in total. The van der Waals surface area contributed by atoms with E-state index in [0.29, 0.717) is 0 Å². The van der Waals surface area contributed by atoms with Crippen LogP contribution >= 0.6 is 0 Å². The molecular weight excluding hydrogens is 222 g/mol. The minimum atomic E-state index is 0.768. The molecule has 0 bridgehead atoms. The molecule has 0 spiro atoms. The summed E-state index contributed by atoms with van der Waals surface area (Å²) in [6, 6.07) is 6.52. The number of anilines is 1. The van der Waals surface area contributed by atoms with Gasteiger partial charge in [0.05, 0.1) is 6.61 Å². The summed E-state index contributed by atoms with van der Waals surface area (Å²) < 4.78 is 5.96. The lowest BCUT2D eigenvalue weighted by molar-refractivity contribution is 0.249. The smallest absolute Gasteiger partial charge is 0.121 e. The van der Waals surface area contributed by atoms with Gasteiger partial charge in [0, 0.05) is 18.3 Å². The summed E-state index contributed by atoms with van der Waals surface area (Å²) >= 11 is 0. The van der Waals surface area contributed by atoms with Gasteiger partial charge in [0.1, 0.15) is 5.75 Å². The molecular formula is C16H23NO. The highest BCUT2D eigenvalue weighted by molar-refractivity contribution is 5.56. The Morgan fingerprint density at radius 2 is 2.28 bits per heavy atom. The molecule has 0 radical (unpaired) electrons. The van der Waals surface area contributed by atoms with Crippen molar-refractivity contribution in [2.45, 2.75) is 39.0 Å². The van der Waals surface area contributed by atoms with Crippen molar-refractivity contribution in [3.05, 3.63) is 23.8 Å². The second kappa shape index (κ2) is 5.21. The quantitative estimate of drug-likeness (QED) is 0.873. The van der Waals surface area contributed by atoms with Crippen LogP contribution in [0.3, 0.4) is 0 Å². The van der Waals surface area contributed by atoms with E-state index < -0.39 is 0 Å². The molecule has 1 fully saturated rings. The Morgan fingerprint density at radius 3 is 3.11 bits per heavy atom. The number of fused-ring (bicyclic) bond motifs is 1. The van der Waals surface area contributed by atoms with Crippen molar-refractivity contribution in [3.8, 4) is 5.75 Å². The van der Waals surface area contributed by atoms with E-state index in [1.807, 2.05) is 0 Å². The van der Waals surface area contributed by atoms with Gasteiger partial charge in [0.2, 0.25) is 0 Å². The van der Waals surface area contributed by atoms with Gasteiger partial charge in [-0.2, -0.15) is 0 Å². The molecule has 1 aromatic rings. The summed E-state index contributed by atoms with van der Waals surface area (Å²) in [6.45, 7) is 4.34. The predicted molar refractivity (Wildman–Crippen MR) is 75.3 cm³/mol. The van der Waals surface area contributed by atoms with Gasteiger partial charge in [-0.15, -0.1) is 0 Å². The Kier molecular flexibility index (Phi) is 3.44. The largest absolute Gasteiger partial charge is 0.493 e. The van der Waals surface area contributed by atoms with Crippen LogP contribution in [0.1, 0.15) is 38.2 Å². The number of hydrogen-bond acceptors (Lipinski definition) is 2. The van der Waals surface area contributed by atoms with Crippen molar-refractivity contribution in [1.82, 2.24) is 0 Å². The number of aryl methyl sites for hydroxylation is 1. The van der Waals surface area contributed by atoms with Gasteiger partial charge in [0.15, 0.2) is 0 Å². The van der Waals surface area contributed by atoms with Gasteiger partial charge in [-0.3, -0.25) is 0 Å². The molecule has 98 valence electrons. The summed E-state index contributed by atoms with van der Waals surface area (Å²) in [4.78, 5) is 0. The molecule has 1 saturated carbocycles. The van der Waals surface area contributed by atoms with E-state index in [2.05, 4.69) is 30.4 Å². The highest BCUT2D eigenvalue weighted by Crippen LogP contribution is 2.32. The lowest BCUT2D eigenvalue weighted by Gasteiger charge is -2.19. The van der Waals surface area contributed by atoms with E-state index >= 15 is 0 Å². The second-order valence-electron chi connectivity index (χ2n) is 5.94. The molecule has 0 amide bonds. The third kappa shape index (κ3) is 2.63. The summed E-state index contributed by atoms with van der Waals surface area (Å²) in [5.74, 6) is 2.69. The first-order valence-electron chi connectivity index (χ1n) is 7.31. The molecule has 2 aliphatic rings. The number of ether oxygens (including phenoxy) is 1. The van der Waals surface area contributed by atoms with Crippen LogP contribution in [0.15, 0.2) is 18.2 Å². The number of benzene rings is 1. The molecule has 0 saturated heterocycles. The summed E-state index contributed by atoms with van der Waals surface area (Å²) in [5, 5.41) is 3.46. The minimum absolute atomic E-state index is 0.768. The van der Waals surface area contributed by atoms with E-state index in [1.165, 1.54) is 43.4 Å². The molecule has 1 heterocycles. The van der Waals surface area contributed by atoms with Gasteiger partial charge < -0.3 is 10.1 Å². The van der Waals surface area contributed by atoms with Crippen molar-refractivity contribution in [2.24, 2.45) is 11.8 Å². The number of rotatable bonds is 3. The van der Waals surface area contributed by atoms with Crippen LogP contribution in [-0.4, -0.2) is 13.2 Å². The van der Waals surface area contributed by atoms with Gasteiger partial charge in [-0.25, -0.2) is 0 Å². The zero-order chi connectivity index (χ0) is 12.4. The maximum absolute atomic E-state index is 5.96. The Balaban J connectivity index is 1.59. The third-order valence-corrected chi connectivity index (χ3v) is 4.31. The van der Waals surface area contributed by atoms with Crippen molar-refractivity contribution < 1.29 is 4.74 Å². The summed E-state index contributed by atoms with van der Waals surface area (Å²) in [7, 11) is 0. The van der Waals surface area contributed by atoms with Crippen molar-refractivity contribution in [3.63, 3.8) is 0 Å². The zero-order valence-corrected chi connectivity index (χ0v) is 11.2. The van der Waals surface area contributed by atoms with Crippen LogP contribution in [0.25, 0.3) is 0 Å². The number of nitrogens with one attached hydrogen (secondary N) is 1. The fourth-order valence-corrected chi connectivity index (χ4v) is 3.22. The van der Waals surface area contributed by atoms with Crippen LogP contribution in [0.4, 0.5) is 5.69 Å². The molecule has 2 atom stereocenters. The average molecular weight is 245 g/mol. The Bertz CT molecular complexity index is 416. The molecule has 1 aliphatic heterocycles. The molecule has 1 aliphatic carbocycles. The molecule has 0 aromatic heterocycles. The van der Waals surface area contributed by atoms with Crippen LogP contribution in [0, 0.1) is 11.8 Å². The molecule has 3 rings (SSSR count). The van der Waals surface area contributed by atoms with Crippen molar-refractivity contribution >= 4 is 5.69 Å². The lowest BCUT2D eigenvalue weighted by Crippen LogP contribution is -2.12. The van der Waals surface area contributed by atoms with Gasteiger partial charge in [-0.1, -0.05) is 19.4 Å². The molecule has 2 heteroatoms. The minimum Gasteiger partial charge on any atom is -0.493 e. The van der Waals surface area contributed by atoms with E-state index in [4.69, 9.17) is 4.74 Å². The van der Waals surface area contributed by atoms with Gasteiger partial charge >= 0.3 is 0 Å². The normalized spacial score (nSPS) is 26.5. The molecule has 18 heavy (non-hydrogen) atoms. The van der Waals surface area contributed by atoms with E-state index in [9.17, 15) is 0 Å². The van der Waals surface area contributed by atoms with Gasteiger partial charge in [-0.05, 0) is 49.1 Å². The third-order valence-electron chi connectivity index (χ3n) is 4.31. The fourth-order valence-electron chi connectivity index (χ4n) is 3.22. The molecule has 2 unspecified atom stereocenters. The topological polar surface area (TPSA) is 21.3 Å². The SMILES string of the molecule is CC1CCC(COc2ccc3c(c2)NCCC3)C1. The monoisotopic (exact) mass is 245 g/mol. The van der Waals surface area contributed by atoms with Crippen LogP contribution < -0.4 is 10.1 Å². The van der Waals surface area contributed by atoms with Crippen LogP contribution in [0.2, 0.25) is 0 Å². The second-order valence-corrected chi connectivity index (χ2v) is 5.94. The average Bonchev–Trinajstić information content (AvgIpc) is 2.82. The van der Waals surface area contributed by atoms with Crippen LogP contribution in [0.5, 0.6) is 5.75 Å². The van der Waals surface area contributed by atoms with E-state index in [-0.39, 0.29) is 0 Å². The predicted octanol–water partition coefficient (Wildman–Crippen LogP) is 3.86. The van der Waals surface area contributed by atoms with E-state index in [1.54, 1.807) is 0 Å². The van der Waals surface area contributed by atoms with Gasteiger partial charge in [0.25, 0.3) is 0 Å². The zero-order valence-electron chi connectivity index (χ0n) is 11.2. The highest BCUT2D eigenvalue weighted by Gasteiger charge is 2.21. The summed E-state index contributed by atoms with van der Waals surface area (Å²) in [5.41, 5.74) is 2.71. The highest BCUT2D eigenvalue weighted by atomic mass is 16.5. The standard InChI is InChI=1S/C16H23NO/c1-12-4-5-13(9-12)11-18-15-7-6-14-3-2-8-17-16(14)10-15/h6-7,10,12-13,17H,2-5,8-9,11H2,1H3. The van der Waals surface area contributed by atoms with Crippen molar-refractivity contribution in [1.29, 1.82) is 0 Å². The first-order valence-corrected chi connectivity index (χ1v) is 7.31. The first-order chi connectivity index (χ1) is 8.81. The maximum atomic E-state index is 5.96. The number of hydrogen-bond donors (Lipinski definition) is 1. The fraction of sp³-hybridized carbons (Fsp3) is 0.625. The molecule has 1 aromatic carbocycles. The summed E-state index contributed by atoms with van der Waals surface area (Å²) in [6.07, 6.45) is 6.49. The lowest BCUT2D eigenvalue weighted by atomic mass is 10.0.